The zero-order chi connectivity index (χ0) is 11.7. The van der Waals surface area contributed by atoms with Crippen molar-refractivity contribution in [1.29, 1.82) is 0 Å². The van der Waals surface area contributed by atoms with Gasteiger partial charge in [-0.05, 0) is 29.7 Å². The van der Waals surface area contributed by atoms with Crippen LogP contribution in [0.1, 0.15) is 20.8 Å². The van der Waals surface area contributed by atoms with Gasteiger partial charge in [0.2, 0.25) is 0 Å². The van der Waals surface area contributed by atoms with E-state index in [4.69, 9.17) is 5.73 Å². The largest absolute Gasteiger partial charge is 0.399 e. The lowest BCUT2D eigenvalue weighted by Crippen LogP contribution is -2.20. The van der Waals surface area contributed by atoms with Gasteiger partial charge >= 0.3 is 0 Å². The molecule has 15 heavy (non-hydrogen) atoms. The first-order chi connectivity index (χ1) is 6.71. The quantitative estimate of drug-likeness (QED) is 0.787. The maximum atomic E-state index is 11.9. The smallest absolute Gasteiger partial charge is 0.178 e. The van der Waals surface area contributed by atoms with Gasteiger partial charge in [0.15, 0.2) is 9.84 Å². The van der Waals surface area contributed by atoms with Crippen molar-refractivity contribution < 1.29 is 8.42 Å². The fraction of sp³-hybridized carbons (Fsp3) is 0.455. The second-order valence-corrected chi connectivity index (χ2v) is 6.88. The van der Waals surface area contributed by atoms with Gasteiger partial charge in [-0.25, -0.2) is 8.42 Å². The Hall–Kier alpha value is -1.03. The molecule has 2 N–H and O–H groups in total. The summed E-state index contributed by atoms with van der Waals surface area (Å²) in [7, 11) is -3.19. The second-order valence-electron chi connectivity index (χ2n) is 4.89. The lowest BCUT2D eigenvalue weighted by atomic mass is 10.0. The highest BCUT2D eigenvalue weighted by Crippen LogP contribution is 2.22. The minimum atomic E-state index is -3.19. The summed E-state index contributed by atoms with van der Waals surface area (Å²) in [6.07, 6.45) is 0. The van der Waals surface area contributed by atoms with Gasteiger partial charge in [0.1, 0.15) is 0 Å². The molecule has 0 radical (unpaired) electrons. The van der Waals surface area contributed by atoms with Crippen molar-refractivity contribution in [3.63, 3.8) is 0 Å². The fourth-order valence-corrected chi connectivity index (χ4v) is 3.19. The number of hydrogen-bond acceptors (Lipinski definition) is 3. The lowest BCUT2D eigenvalue weighted by molar-refractivity contribution is 0.462. The predicted molar refractivity (Wildman–Crippen MR) is 62.4 cm³/mol. The minimum absolute atomic E-state index is 0.143. The Morgan fingerprint density at radius 3 is 2.00 bits per heavy atom. The summed E-state index contributed by atoms with van der Waals surface area (Å²) in [5.41, 5.74) is 5.84. The van der Waals surface area contributed by atoms with Crippen LogP contribution in [0.2, 0.25) is 0 Å². The van der Waals surface area contributed by atoms with Crippen LogP contribution in [0.5, 0.6) is 0 Å². The predicted octanol–water partition coefficient (Wildman–Crippen LogP) is 2.09. The molecular weight excluding hydrogens is 210 g/mol. The van der Waals surface area contributed by atoms with Crippen LogP contribution in [0.25, 0.3) is 0 Å². The van der Waals surface area contributed by atoms with Crippen LogP contribution in [-0.4, -0.2) is 14.2 Å². The van der Waals surface area contributed by atoms with Gasteiger partial charge in [0.25, 0.3) is 0 Å². The van der Waals surface area contributed by atoms with Crippen LogP contribution in [-0.2, 0) is 9.84 Å². The van der Waals surface area contributed by atoms with E-state index in [1.165, 1.54) is 0 Å². The average molecular weight is 227 g/mol. The first-order valence-corrected chi connectivity index (χ1v) is 6.44. The third kappa shape index (κ3) is 3.55. The summed E-state index contributed by atoms with van der Waals surface area (Å²) in [6.45, 7) is 5.71. The molecule has 84 valence electrons. The van der Waals surface area contributed by atoms with Gasteiger partial charge in [-0.1, -0.05) is 20.8 Å². The monoisotopic (exact) mass is 227 g/mol. The third-order valence-electron chi connectivity index (χ3n) is 1.86. The van der Waals surface area contributed by atoms with E-state index in [0.717, 1.165) is 0 Å². The molecule has 0 aliphatic heterocycles. The average Bonchev–Trinajstić information content (AvgIpc) is 2.00. The minimum Gasteiger partial charge on any atom is -0.399 e. The molecule has 4 heteroatoms. The maximum absolute atomic E-state index is 11.9. The molecule has 0 atom stereocenters. The van der Waals surface area contributed by atoms with E-state index >= 15 is 0 Å². The molecule has 0 aromatic heterocycles. The summed E-state index contributed by atoms with van der Waals surface area (Å²) in [5.74, 6) is 0.143. The third-order valence-corrected chi connectivity index (χ3v) is 4.10. The SMILES string of the molecule is CC(C)(C)CS(=O)(=O)c1ccc(N)cc1. The van der Waals surface area contributed by atoms with Crippen LogP contribution in [0.3, 0.4) is 0 Å². The Balaban J connectivity index is 3.02. The Labute approximate surface area is 91.2 Å². The molecule has 0 heterocycles. The highest BCUT2D eigenvalue weighted by molar-refractivity contribution is 7.91. The molecule has 0 saturated heterocycles. The molecule has 3 nitrogen and oxygen atoms in total. The van der Waals surface area contributed by atoms with Gasteiger partial charge in [-0.15, -0.1) is 0 Å². The molecule has 0 aliphatic carbocycles. The molecule has 0 amide bonds. The molecular formula is C11H17NO2S. The fourth-order valence-electron chi connectivity index (χ4n) is 1.33. The number of hydrogen-bond donors (Lipinski definition) is 1. The first-order valence-electron chi connectivity index (χ1n) is 4.79. The van der Waals surface area contributed by atoms with E-state index in [1.807, 2.05) is 20.8 Å². The van der Waals surface area contributed by atoms with Crippen LogP contribution < -0.4 is 5.73 Å². The van der Waals surface area contributed by atoms with Crippen molar-refractivity contribution in [2.24, 2.45) is 5.41 Å². The van der Waals surface area contributed by atoms with Gasteiger partial charge < -0.3 is 5.73 Å². The molecule has 1 aromatic carbocycles. The van der Waals surface area contributed by atoms with Crippen LogP contribution in [0.15, 0.2) is 29.2 Å². The molecule has 1 rings (SSSR count). The van der Waals surface area contributed by atoms with Crippen molar-refractivity contribution in [2.75, 3.05) is 11.5 Å². The Morgan fingerprint density at radius 1 is 1.13 bits per heavy atom. The topological polar surface area (TPSA) is 60.2 Å². The van der Waals surface area contributed by atoms with Crippen LogP contribution in [0, 0.1) is 5.41 Å². The van der Waals surface area contributed by atoms with Crippen molar-refractivity contribution in [3.8, 4) is 0 Å². The molecule has 0 fully saturated rings. The van der Waals surface area contributed by atoms with E-state index < -0.39 is 9.84 Å². The first kappa shape index (κ1) is 12.0. The standard InChI is InChI=1S/C11H17NO2S/c1-11(2,3)8-15(13,14)10-6-4-9(12)5-7-10/h4-7H,8,12H2,1-3H3. The summed E-state index contributed by atoms with van der Waals surface area (Å²) < 4.78 is 23.8. The van der Waals surface area contributed by atoms with E-state index in [-0.39, 0.29) is 11.2 Å². The Kier molecular flexibility index (Phi) is 3.09. The number of sulfone groups is 1. The molecule has 1 aromatic rings. The van der Waals surface area contributed by atoms with E-state index in [1.54, 1.807) is 24.3 Å². The van der Waals surface area contributed by atoms with Gasteiger partial charge in [-0.3, -0.25) is 0 Å². The van der Waals surface area contributed by atoms with E-state index in [0.29, 0.717) is 10.6 Å². The van der Waals surface area contributed by atoms with Crippen molar-refractivity contribution >= 4 is 15.5 Å². The normalized spacial score (nSPS) is 12.7. The maximum Gasteiger partial charge on any atom is 0.178 e. The molecule has 0 bridgehead atoms. The molecule has 0 unspecified atom stereocenters. The zero-order valence-corrected chi connectivity index (χ0v) is 10.1. The summed E-state index contributed by atoms with van der Waals surface area (Å²) in [6, 6.07) is 6.32. The number of anilines is 1. The summed E-state index contributed by atoms with van der Waals surface area (Å²) in [4.78, 5) is 0.339. The molecule has 0 saturated carbocycles. The zero-order valence-electron chi connectivity index (χ0n) is 9.32. The van der Waals surface area contributed by atoms with Crippen molar-refractivity contribution in [2.45, 2.75) is 25.7 Å². The van der Waals surface area contributed by atoms with Gasteiger partial charge in [0, 0.05) is 5.69 Å². The molecule has 0 spiro atoms. The molecule has 0 aliphatic rings. The Bertz CT molecular complexity index is 427. The van der Waals surface area contributed by atoms with E-state index in [2.05, 4.69) is 0 Å². The number of rotatable bonds is 2. The second kappa shape index (κ2) is 3.85. The van der Waals surface area contributed by atoms with Crippen molar-refractivity contribution in [1.82, 2.24) is 0 Å². The highest BCUT2D eigenvalue weighted by Gasteiger charge is 2.23. The summed E-state index contributed by atoms with van der Waals surface area (Å²) >= 11 is 0. The van der Waals surface area contributed by atoms with Gasteiger partial charge in [0.05, 0.1) is 10.6 Å². The van der Waals surface area contributed by atoms with Crippen molar-refractivity contribution in [3.05, 3.63) is 24.3 Å². The van der Waals surface area contributed by atoms with Crippen LogP contribution in [0.4, 0.5) is 5.69 Å². The number of benzene rings is 1. The van der Waals surface area contributed by atoms with E-state index in [9.17, 15) is 8.42 Å². The Morgan fingerprint density at radius 2 is 1.60 bits per heavy atom. The number of nitrogen functional groups attached to an aromatic ring is 1. The lowest BCUT2D eigenvalue weighted by Gasteiger charge is -2.17. The highest BCUT2D eigenvalue weighted by atomic mass is 32.2. The van der Waals surface area contributed by atoms with Gasteiger partial charge in [-0.2, -0.15) is 0 Å². The number of nitrogens with two attached hydrogens (primary N) is 1. The summed E-state index contributed by atoms with van der Waals surface area (Å²) in [5, 5.41) is 0. The van der Waals surface area contributed by atoms with Crippen LogP contribution >= 0.6 is 0 Å².